The smallest absolute Gasteiger partial charge is 0.309 e. The van der Waals surface area contributed by atoms with Gasteiger partial charge < -0.3 is 19.8 Å². The van der Waals surface area contributed by atoms with E-state index < -0.39 is 17.5 Å². The van der Waals surface area contributed by atoms with Crippen LogP contribution in [0.25, 0.3) is 10.9 Å². The number of aryl methyl sites for hydroxylation is 1. The first kappa shape index (κ1) is 26.3. The Labute approximate surface area is 217 Å². The van der Waals surface area contributed by atoms with Crippen molar-refractivity contribution in [1.29, 1.82) is 0 Å². The number of pyridine rings is 2. The van der Waals surface area contributed by atoms with Gasteiger partial charge in [-0.2, -0.15) is 0 Å². The molecule has 0 saturated carbocycles. The van der Waals surface area contributed by atoms with Crippen LogP contribution >= 0.6 is 11.6 Å². The highest BCUT2D eigenvalue weighted by Crippen LogP contribution is 2.41. The molecule has 8 heteroatoms. The topological polar surface area (TPSA) is 95.8 Å². The summed E-state index contributed by atoms with van der Waals surface area (Å²) in [6.45, 7) is 2.47. The summed E-state index contributed by atoms with van der Waals surface area (Å²) < 4.78 is 5.33. The molecule has 0 amide bonds. The molecule has 0 radical (unpaired) electrons. The van der Waals surface area contributed by atoms with Crippen LogP contribution in [0, 0.1) is 5.41 Å². The zero-order valence-electron chi connectivity index (χ0n) is 20.7. The largest absolute Gasteiger partial charge is 0.497 e. The number of likely N-dealkylation sites (tertiary alicyclic amines) is 1. The highest BCUT2D eigenvalue weighted by molar-refractivity contribution is 6.32. The van der Waals surface area contributed by atoms with Crippen molar-refractivity contribution in [3.8, 4) is 5.75 Å². The number of aliphatic carboxylic acids is 1. The predicted molar refractivity (Wildman–Crippen MR) is 140 cm³/mol. The lowest BCUT2D eigenvalue weighted by Crippen LogP contribution is -2.44. The van der Waals surface area contributed by atoms with Crippen molar-refractivity contribution in [3.05, 3.63) is 65.1 Å². The minimum atomic E-state index is -0.893. The summed E-state index contributed by atoms with van der Waals surface area (Å²) in [4.78, 5) is 23.4. The number of methoxy groups -OCH3 is 1. The third-order valence-electron chi connectivity index (χ3n) is 7.45. The summed E-state index contributed by atoms with van der Waals surface area (Å²) in [5.41, 5.74) is 1.56. The van der Waals surface area contributed by atoms with E-state index >= 15 is 0 Å². The second-order valence-electron chi connectivity index (χ2n) is 9.66. The average molecular weight is 512 g/mol. The quantitative estimate of drug-likeness (QED) is 0.337. The van der Waals surface area contributed by atoms with Gasteiger partial charge in [-0.25, -0.2) is 0 Å². The van der Waals surface area contributed by atoms with Gasteiger partial charge in [0.2, 0.25) is 0 Å². The Kier molecular flexibility index (Phi) is 8.77. The standard InChI is InChI=1S/C28H34ClN3O4/c1-36-21-8-9-24-22(18-21)26(23(29)19-31-24)25(33)10-11-28(27(34)35)12-16-32(17-13-28)15-5-3-7-20-6-2-4-14-30-20/h2,4,6,8-9,14,18-19,25,33H,3,5,7,10-13,15-17H2,1H3,(H,34,35). The molecule has 3 aromatic rings. The fraction of sp³-hybridized carbons (Fsp3) is 0.464. The molecule has 1 saturated heterocycles. The number of halogens is 1. The first-order valence-electron chi connectivity index (χ1n) is 12.6. The molecule has 192 valence electrons. The zero-order chi connectivity index (χ0) is 25.5. The van der Waals surface area contributed by atoms with Crippen molar-refractivity contribution in [2.24, 2.45) is 5.41 Å². The van der Waals surface area contributed by atoms with Crippen molar-refractivity contribution in [3.63, 3.8) is 0 Å². The van der Waals surface area contributed by atoms with Crippen molar-refractivity contribution in [1.82, 2.24) is 14.9 Å². The van der Waals surface area contributed by atoms with Crippen LogP contribution in [-0.2, 0) is 11.2 Å². The van der Waals surface area contributed by atoms with E-state index in [1.54, 1.807) is 7.11 Å². The fourth-order valence-electron chi connectivity index (χ4n) is 5.15. The van der Waals surface area contributed by atoms with Crippen LogP contribution in [0.1, 0.15) is 55.9 Å². The van der Waals surface area contributed by atoms with Gasteiger partial charge in [0.25, 0.3) is 0 Å². The summed E-state index contributed by atoms with van der Waals surface area (Å²) in [6.07, 6.45) is 7.41. The van der Waals surface area contributed by atoms with E-state index in [1.807, 2.05) is 36.5 Å². The van der Waals surface area contributed by atoms with Crippen molar-refractivity contribution < 1.29 is 19.7 Å². The van der Waals surface area contributed by atoms with Gasteiger partial charge >= 0.3 is 5.97 Å². The monoisotopic (exact) mass is 511 g/mol. The van der Waals surface area contributed by atoms with Crippen LogP contribution < -0.4 is 4.74 Å². The van der Waals surface area contributed by atoms with Crippen molar-refractivity contribution >= 4 is 28.5 Å². The SMILES string of the molecule is COc1ccc2ncc(Cl)c(C(O)CCC3(C(=O)O)CCN(CCCCc4ccccn4)CC3)c2c1. The number of hydrogen-bond donors (Lipinski definition) is 2. The maximum Gasteiger partial charge on any atom is 0.309 e. The molecular formula is C28H34ClN3O4. The van der Waals surface area contributed by atoms with Crippen LogP contribution in [0.4, 0.5) is 0 Å². The number of aliphatic hydroxyl groups is 1. The summed E-state index contributed by atoms with van der Waals surface area (Å²) in [5.74, 6) is -0.133. The van der Waals surface area contributed by atoms with Gasteiger partial charge in [-0.3, -0.25) is 14.8 Å². The molecule has 7 nitrogen and oxygen atoms in total. The van der Waals surface area contributed by atoms with E-state index in [1.165, 1.54) is 6.20 Å². The van der Waals surface area contributed by atoms with Crippen LogP contribution in [0.3, 0.4) is 0 Å². The number of piperidine rings is 1. The molecule has 0 bridgehead atoms. The summed E-state index contributed by atoms with van der Waals surface area (Å²) >= 11 is 6.44. The first-order valence-corrected chi connectivity index (χ1v) is 13.0. The van der Waals surface area contributed by atoms with Gasteiger partial charge in [0.1, 0.15) is 5.75 Å². The van der Waals surface area contributed by atoms with Gasteiger partial charge in [-0.15, -0.1) is 0 Å². The Morgan fingerprint density at radius 1 is 1.19 bits per heavy atom. The van der Waals surface area contributed by atoms with Crippen LogP contribution in [0.15, 0.2) is 48.8 Å². The number of carbonyl (C=O) groups is 1. The number of benzene rings is 1. The molecule has 1 fully saturated rings. The molecule has 1 atom stereocenters. The molecule has 0 aliphatic carbocycles. The van der Waals surface area contributed by atoms with Crippen molar-refractivity contribution in [2.45, 2.75) is 51.0 Å². The summed E-state index contributed by atoms with van der Waals surface area (Å²) in [5, 5.41) is 22.3. The Morgan fingerprint density at radius 2 is 2.00 bits per heavy atom. The Bertz CT molecular complexity index is 1170. The normalized spacial score (nSPS) is 16.6. The van der Waals surface area contributed by atoms with Gasteiger partial charge in [0, 0.05) is 29.0 Å². The second-order valence-corrected chi connectivity index (χ2v) is 10.1. The lowest BCUT2D eigenvalue weighted by Gasteiger charge is -2.39. The van der Waals surface area contributed by atoms with Gasteiger partial charge in [-0.1, -0.05) is 17.7 Å². The van der Waals surface area contributed by atoms with Crippen LogP contribution in [-0.4, -0.2) is 57.8 Å². The number of carboxylic acid groups (broad SMARTS) is 1. The molecule has 4 rings (SSSR count). The Hall–Kier alpha value is -2.74. The molecule has 2 aromatic heterocycles. The van der Waals surface area contributed by atoms with Crippen molar-refractivity contribution in [2.75, 3.05) is 26.7 Å². The minimum absolute atomic E-state index is 0.312. The number of aliphatic hydroxyl groups excluding tert-OH is 1. The summed E-state index contributed by atoms with van der Waals surface area (Å²) in [7, 11) is 1.58. The highest BCUT2D eigenvalue weighted by Gasteiger charge is 2.41. The highest BCUT2D eigenvalue weighted by atomic mass is 35.5. The molecule has 1 aliphatic rings. The maximum atomic E-state index is 12.4. The average Bonchev–Trinajstić information content (AvgIpc) is 2.90. The lowest BCUT2D eigenvalue weighted by molar-refractivity contribution is -0.153. The minimum Gasteiger partial charge on any atom is -0.497 e. The van der Waals surface area contributed by atoms with E-state index in [4.69, 9.17) is 16.3 Å². The number of rotatable bonds is 11. The second kappa shape index (κ2) is 12.0. The third kappa shape index (κ3) is 6.14. The summed E-state index contributed by atoms with van der Waals surface area (Å²) in [6, 6.07) is 11.4. The zero-order valence-corrected chi connectivity index (χ0v) is 21.5. The number of ether oxygens (including phenoxy) is 1. The van der Waals surface area contributed by atoms with Crippen LogP contribution in [0.2, 0.25) is 5.02 Å². The number of unbranched alkanes of at least 4 members (excludes halogenated alkanes) is 1. The number of aromatic nitrogens is 2. The van der Waals surface area contributed by atoms with E-state index in [0.29, 0.717) is 47.5 Å². The molecule has 1 aliphatic heterocycles. The Morgan fingerprint density at radius 3 is 2.69 bits per heavy atom. The Balaban J connectivity index is 1.34. The van der Waals surface area contributed by atoms with Gasteiger partial charge in [0.05, 0.1) is 29.2 Å². The number of nitrogens with zero attached hydrogens (tertiary/aromatic N) is 3. The van der Waals surface area contributed by atoms with Crippen LogP contribution in [0.5, 0.6) is 5.75 Å². The van der Waals surface area contributed by atoms with E-state index in [9.17, 15) is 15.0 Å². The lowest BCUT2D eigenvalue weighted by atomic mass is 9.74. The van der Waals surface area contributed by atoms with Gasteiger partial charge in [-0.05, 0) is 94.9 Å². The maximum absolute atomic E-state index is 12.4. The molecule has 1 aromatic carbocycles. The molecule has 2 N–H and O–H groups in total. The predicted octanol–water partition coefficient (Wildman–Crippen LogP) is 5.30. The van der Waals surface area contributed by atoms with E-state index in [-0.39, 0.29) is 0 Å². The number of fused-ring (bicyclic) bond motifs is 1. The molecule has 3 heterocycles. The molecule has 36 heavy (non-hydrogen) atoms. The first-order chi connectivity index (χ1) is 17.4. The third-order valence-corrected chi connectivity index (χ3v) is 7.75. The van der Waals surface area contributed by atoms with Gasteiger partial charge in [0.15, 0.2) is 0 Å². The molecular weight excluding hydrogens is 478 g/mol. The number of carboxylic acids is 1. The number of hydrogen-bond acceptors (Lipinski definition) is 6. The van der Waals surface area contributed by atoms with E-state index in [2.05, 4.69) is 20.9 Å². The molecule has 0 spiro atoms. The molecule has 1 unspecified atom stereocenters. The van der Waals surface area contributed by atoms with E-state index in [0.717, 1.165) is 50.0 Å². The fourth-order valence-corrected chi connectivity index (χ4v) is 5.43.